The van der Waals surface area contributed by atoms with Crippen LogP contribution < -0.4 is 10.2 Å². The van der Waals surface area contributed by atoms with Crippen LogP contribution in [0.4, 0.5) is 0 Å². The van der Waals surface area contributed by atoms with Crippen molar-refractivity contribution in [3.8, 4) is 5.75 Å². The molecule has 0 aromatic heterocycles. The van der Waals surface area contributed by atoms with E-state index in [9.17, 15) is 4.79 Å². The van der Waals surface area contributed by atoms with Crippen LogP contribution in [-0.2, 0) is 4.79 Å². The predicted octanol–water partition coefficient (Wildman–Crippen LogP) is 5.43. The smallest absolute Gasteiger partial charge is 0.277 e. The van der Waals surface area contributed by atoms with Crippen LogP contribution in [0.15, 0.2) is 44.4 Å². The van der Waals surface area contributed by atoms with Crippen molar-refractivity contribution in [2.45, 2.75) is 33.1 Å². The summed E-state index contributed by atoms with van der Waals surface area (Å²) in [6.07, 6.45) is 3.07. The lowest BCUT2D eigenvalue weighted by molar-refractivity contribution is -0.123. The molecule has 1 N–H and O–H groups in total. The molecule has 0 atom stereocenters. The van der Waals surface area contributed by atoms with Gasteiger partial charge in [-0.25, -0.2) is 5.43 Å². The number of unbranched alkanes of at least 4 members (excludes halogenated alkanes) is 1. The number of nitrogens with one attached hydrogen (secondary N) is 1. The lowest BCUT2D eigenvalue weighted by Crippen LogP contribution is -2.25. The van der Waals surface area contributed by atoms with Crippen LogP contribution in [0.5, 0.6) is 5.75 Å². The Bertz CT molecular complexity index is 760. The van der Waals surface area contributed by atoms with Gasteiger partial charge in [0.2, 0.25) is 0 Å². The zero-order chi connectivity index (χ0) is 17.5. The Morgan fingerprint density at radius 2 is 2.04 bits per heavy atom. The predicted molar refractivity (Wildman–Crippen MR) is 106 cm³/mol. The average Bonchev–Trinajstić information content (AvgIpc) is 2.57. The first kappa shape index (κ1) is 18.9. The first-order chi connectivity index (χ1) is 11.5. The van der Waals surface area contributed by atoms with Crippen molar-refractivity contribution in [2.24, 2.45) is 5.10 Å². The van der Waals surface area contributed by atoms with Gasteiger partial charge >= 0.3 is 0 Å². The Kier molecular flexibility index (Phi) is 7.24. The topological polar surface area (TPSA) is 50.7 Å². The van der Waals surface area contributed by atoms with Crippen LogP contribution in [-0.4, -0.2) is 18.2 Å². The van der Waals surface area contributed by atoms with Crippen LogP contribution in [0, 0.1) is 0 Å². The van der Waals surface area contributed by atoms with Gasteiger partial charge in [0.15, 0.2) is 6.61 Å². The molecule has 0 aliphatic rings. The molecule has 0 heterocycles. The molecule has 0 saturated carbocycles. The number of hydrogen-bond donors (Lipinski definition) is 1. The molecule has 2 rings (SSSR count). The molecule has 2 aromatic rings. The molecular formula is C18H20Br2N2O2. The molecule has 0 spiro atoms. The van der Waals surface area contributed by atoms with E-state index in [-0.39, 0.29) is 12.5 Å². The van der Waals surface area contributed by atoms with Crippen molar-refractivity contribution in [1.82, 2.24) is 5.43 Å². The normalized spacial score (nSPS) is 11.6. The maximum Gasteiger partial charge on any atom is 0.277 e. The number of carbonyl (C=O) groups is 1. The highest BCUT2D eigenvalue weighted by molar-refractivity contribution is 9.11. The van der Waals surface area contributed by atoms with Gasteiger partial charge in [0, 0.05) is 10.2 Å². The lowest BCUT2D eigenvalue weighted by Gasteiger charge is -2.10. The summed E-state index contributed by atoms with van der Waals surface area (Å²) >= 11 is 7.01. The third kappa shape index (κ3) is 5.31. The molecule has 0 aliphatic carbocycles. The summed E-state index contributed by atoms with van der Waals surface area (Å²) in [5.41, 5.74) is 3.45. The molecule has 0 radical (unpaired) electrons. The van der Waals surface area contributed by atoms with E-state index in [0.717, 1.165) is 44.7 Å². The molecular weight excluding hydrogens is 436 g/mol. The first-order valence-electron chi connectivity index (χ1n) is 7.84. The van der Waals surface area contributed by atoms with Gasteiger partial charge < -0.3 is 4.74 Å². The van der Waals surface area contributed by atoms with Gasteiger partial charge in [-0.2, -0.15) is 5.10 Å². The second-order valence-electron chi connectivity index (χ2n) is 5.52. The molecule has 2 aromatic carbocycles. The maximum absolute atomic E-state index is 11.8. The number of hydrazone groups is 1. The third-order valence-electron chi connectivity index (χ3n) is 3.50. The van der Waals surface area contributed by atoms with Crippen molar-refractivity contribution in [2.75, 3.05) is 6.61 Å². The molecule has 4 nitrogen and oxygen atoms in total. The molecule has 128 valence electrons. The maximum atomic E-state index is 11.8. The Labute approximate surface area is 158 Å². The van der Waals surface area contributed by atoms with Gasteiger partial charge in [0.05, 0.1) is 4.47 Å². The number of amides is 1. The lowest BCUT2D eigenvalue weighted by atomic mass is 10.1. The van der Waals surface area contributed by atoms with E-state index in [0.29, 0.717) is 5.75 Å². The van der Waals surface area contributed by atoms with Crippen LogP contribution in [0.2, 0.25) is 0 Å². The summed E-state index contributed by atoms with van der Waals surface area (Å²) in [5, 5.41) is 6.20. The molecule has 6 heteroatoms. The highest BCUT2D eigenvalue weighted by Crippen LogP contribution is 2.34. The highest BCUT2D eigenvalue weighted by atomic mass is 79.9. The van der Waals surface area contributed by atoms with Gasteiger partial charge in [-0.15, -0.1) is 0 Å². The Hall–Kier alpha value is -1.40. The zero-order valence-electron chi connectivity index (χ0n) is 13.7. The molecule has 0 aliphatic heterocycles. The van der Waals surface area contributed by atoms with Crippen molar-refractivity contribution in [3.05, 3.63) is 39.3 Å². The fraction of sp³-hybridized carbons (Fsp3) is 0.333. The number of nitrogens with zero attached hydrogens (tertiary/aromatic N) is 1. The molecule has 0 fully saturated rings. The number of benzene rings is 2. The Balaban J connectivity index is 1.97. The number of ether oxygens (including phenoxy) is 1. The second kappa shape index (κ2) is 9.18. The SMILES string of the molecule is CCCCC(C)=NNC(=O)COc1ccc2cc(Br)ccc2c1Br. The van der Waals surface area contributed by atoms with Crippen molar-refractivity contribution in [1.29, 1.82) is 0 Å². The number of carbonyl (C=O) groups excluding carboxylic acids is 1. The van der Waals surface area contributed by atoms with Crippen molar-refractivity contribution in [3.63, 3.8) is 0 Å². The van der Waals surface area contributed by atoms with E-state index in [1.165, 1.54) is 0 Å². The minimum Gasteiger partial charge on any atom is -0.483 e. The summed E-state index contributed by atoms with van der Waals surface area (Å²) < 4.78 is 7.47. The van der Waals surface area contributed by atoms with Crippen LogP contribution >= 0.6 is 31.9 Å². The minimum absolute atomic E-state index is 0.0782. The fourth-order valence-corrected chi connectivity index (χ4v) is 3.16. The minimum atomic E-state index is -0.270. The first-order valence-corrected chi connectivity index (χ1v) is 9.42. The van der Waals surface area contributed by atoms with Crippen LogP contribution in [0.1, 0.15) is 33.1 Å². The monoisotopic (exact) mass is 454 g/mol. The molecule has 1 amide bonds. The Morgan fingerprint density at radius 1 is 1.25 bits per heavy atom. The van der Waals surface area contributed by atoms with Crippen molar-refractivity contribution < 1.29 is 9.53 Å². The van der Waals surface area contributed by atoms with Crippen molar-refractivity contribution >= 4 is 54.3 Å². The van der Waals surface area contributed by atoms with E-state index < -0.39 is 0 Å². The summed E-state index contributed by atoms with van der Waals surface area (Å²) in [6.45, 7) is 3.96. The summed E-state index contributed by atoms with van der Waals surface area (Å²) in [6, 6.07) is 9.81. The summed E-state index contributed by atoms with van der Waals surface area (Å²) in [4.78, 5) is 11.8. The standard InChI is InChI=1S/C18H20Br2N2O2/c1-3-4-5-12(2)21-22-17(23)11-24-16-9-6-13-10-14(19)7-8-15(13)18(16)20/h6-10H,3-5,11H2,1-2H3,(H,22,23). The van der Waals surface area contributed by atoms with Crippen LogP contribution in [0.3, 0.4) is 0 Å². The van der Waals surface area contributed by atoms with Gasteiger partial charge in [-0.3, -0.25) is 4.79 Å². The van der Waals surface area contributed by atoms with Gasteiger partial charge in [0.25, 0.3) is 5.91 Å². The average molecular weight is 456 g/mol. The van der Waals surface area contributed by atoms with E-state index in [2.05, 4.69) is 49.3 Å². The highest BCUT2D eigenvalue weighted by Gasteiger charge is 2.09. The van der Waals surface area contributed by atoms with Gasteiger partial charge in [0.1, 0.15) is 5.75 Å². The zero-order valence-corrected chi connectivity index (χ0v) is 16.9. The van der Waals surface area contributed by atoms with Crippen LogP contribution in [0.25, 0.3) is 10.8 Å². The third-order valence-corrected chi connectivity index (χ3v) is 4.81. The van der Waals surface area contributed by atoms with E-state index in [1.807, 2.05) is 37.3 Å². The number of halogens is 2. The summed E-state index contributed by atoms with van der Waals surface area (Å²) in [7, 11) is 0. The molecule has 24 heavy (non-hydrogen) atoms. The molecule has 0 unspecified atom stereocenters. The molecule has 0 bridgehead atoms. The Morgan fingerprint density at radius 3 is 2.79 bits per heavy atom. The number of fused-ring (bicyclic) bond motifs is 1. The number of rotatable bonds is 7. The summed E-state index contributed by atoms with van der Waals surface area (Å²) in [5.74, 6) is 0.361. The van der Waals surface area contributed by atoms with E-state index in [1.54, 1.807) is 0 Å². The second-order valence-corrected chi connectivity index (χ2v) is 7.23. The largest absolute Gasteiger partial charge is 0.483 e. The fourth-order valence-electron chi connectivity index (χ4n) is 2.18. The molecule has 0 saturated heterocycles. The number of hydrogen-bond acceptors (Lipinski definition) is 3. The van der Waals surface area contributed by atoms with Gasteiger partial charge in [-0.05, 0) is 64.7 Å². The quantitative estimate of drug-likeness (QED) is 0.447. The van der Waals surface area contributed by atoms with E-state index >= 15 is 0 Å². The van der Waals surface area contributed by atoms with Gasteiger partial charge in [-0.1, -0.05) is 41.4 Å². The van der Waals surface area contributed by atoms with E-state index in [4.69, 9.17) is 4.74 Å².